The molecule has 3 amide bonds. The van der Waals surface area contributed by atoms with E-state index in [-0.39, 0.29) is 23.2 Å². The van der Waals surface area contributed by atoms with E-state index in [2.05, 4.69) is 21.2 Å². The summed E-state index contributed by atoms with van der Waals surface area (Å²) in [5.74, 6) is -3.44. The van der Waals surface area contributed by atoms with Gasteiger partial charge in [-0.2, -0.15) is 0 Å². The van der Waals surface area contributed by atoms with Crippen LogP contribution < -0.4 is 15.1 Å². The number of halogens is 3. The second-order valence-corrected chi connectivity index (χ2v) is 14.0. The lowest BCUT2D eigenvalue weighted by molar-refractivity contribution is -0.122. The Kier molecular flexibility index (Phi) is 8.95. The third-order valence-electron chi connectivity index (χ3n) is 7.43. The maximum Gasteiger partial charge on any atom is 0.338 e. The monoisotopic (exact) mass is 745 g/mol. The molecule has 0 unspecified atom stereocenters. The highest BCUT2D eigenvalue weighted by Crippen LogP contribution is 2.55. The number of carbonyl (C=O) groups is 4. The molecule has 3 aromatic carbocycles. The molecule has 0 aliphatic carbocycles. The number of fused-ring (bicyclic) bond motifs is 2. The maximum atomic E-state index is 14.0. The van der Waals surface area contributed by atoms with Crippen LogP contribution in [0.1, 0.15) is 33.6 Å². The van der Waals surface area contributed by atoms with Crippen LogP contribution in [0, 0.1) is 5.92 Å². The number of benzene rings is 3. The minimum Gasteiger partial charge on any atom is -0.462 e. The number of imide groups is 1. The smallest absolute Gasteiger partial charge is 0.338 e. The van der Waals surface area contributed by atoms with E-state index in [1.807, 2.05) is 0 Å². The molecule has 2 aliphatic rings. The van der Waals surface area contributed by atoms with Gasteiger partial charge in [0.15, 0.2) is 0 Å². The number of esters is 1. The molecule has 1 N–H and O–H groups in total. The van der Waals surface area contributed by atoms with Crippen LogP contribution in [0.2, 0.25) is 10.0 Å². The summed E-state index contributed by atoms with van der Waals surface area (Å²) in [5, 5.41) is 2.77. The Balaban J connectivity index is 1.36. The predicted octanol–water partition coefficient (Wildman–Crippen LogP) is 6.59. The Morgan fingerprint density at radius 2 is 1.69 bits per heavy atom. The van der Waals surface area contributed by atoms with Gasteiger partial charge in [-0.3, -0.25) is 23.7 Å². The predicted molar refractivity (Wildman–Crippen MR) is 178 cm³/mol. The molecule has 2 aliphatic heterocycles. The quantitative estimate of drug-likeness (QED) is 0.168. The topological polar surface area (TPSA) is 115 Å². The summed E-state index contributed by atoms with van der Waals surface area (Å²) < 4.78 is 7.09. The van der Waals surface area contributed by atoms with Crippen molar-refractivity contribution in [1.29, 1.82) is 0 Å². The van der Waals surface area contributed by atoms with Crippen molar-refractivity contribution in [2.45, 2.75) is 29.7 Å². The van der Waals surface area contributed by atoms with Crippen molar-refractivity contribution in [2.75, 3.05) is 16.8 Å². The molecule has 3 atom stereocenters. The van der Waals surface area contributed by atoms with E-state index in [1.54, 1.807) is 61.5 Å². The number of rotatable bonds is 7. The van der Waals surface area contributed by atoms with Crippen LogP contribution >= 0.6 is 62.2 Å². The first-order valence-corrected chi connectivity index (χ1v) is 16.9. The van der Waals surface area contributed by atoms with E-state index >= 15 is 0 Å². The highest BCUT2D eigenvalue weighted by molar-refractivity contribution is 9.10. The molecule has 0 radical (unpaired) electrons. The summed E-state index contributed by atoms with van der Waals surface area (Å²) in [6.45, 7) is 1.60. The number of thioether (sulfide) groups is 1. The Hall–Kier alpha value is -3.42. The molecule has 6 rings (SSSR count). The van der Waals surface area contributed by atoms with Gasteiger partial charge >= 0.3 is 10.8 Å². The van der Waals surface area contributed by atoms with Gasteiger partial charge in [0.25, 0.3) is 0 Å². The second kappa shape index (κ2) is 12.8. The fourth-order valence-corrected chi connectivity index (χ4v) is 8.90. The van der Waals surface area contributed by atoms with Crippen molar-refractivity contribution >= 4 is 97.3 Å². The summed E-state index contributed by atoms with van der Waals surface area (Å²) in [7, 11) is 0. The van der Waals surface area contributed by atoms with Crippen LogP contribution in [0.5, 0.6) is 0 Å². The first kappa shape index (κ1) is 31.6. The van der Waals surface area contributed by atoms with Crippen LogP contribution in [0.3, 0.4) is 0 Å². The second-order valence-electron chi connectivity index (χ2n) is 10.1. The van der Waals surface area contributed by atoms with Gasteiger partial charge < -0.3 is 10.1 Å². The molecule has 1 fully saturated rings. The molecular weight excluding hydrogens is 725 g/mol. The number of thiazole rings is 1. The zero-order valence-electron chi connectivity index (χ0n) is 23.3. The van der Waals surface area contributed by atoms with Crippen molar-refractivity contribution in [1.82, 2.24) is 4.57 Å². The minimum atomic E-state index is -0.882. The highest BCUT2D eigenvalue weighted by atomic mass is 79.9. The van der Waals surface area contributed by atoms with Crippen LogP contribution in [0.4, 0.5) is 11.4 Å². The number of ether oxygens (including phenoxy) is 1. The summed E-state index contributed by atoms with van der Waals surface area (Å²) in [5.41, 5.74) is 1.69. The van der Waals surface area contributed by atoms with Crippen molar-refractivity contribution in [3.63, 3.8) is 0 Å². The molecule has 1 aromatic heterocycles. The van der Waals surface area contributed by atoms with Gasteiger partial charge in [-0.15, -0.1) is 0 Å². The third-order valence-corrected chi connectivity index (χ3v) is 11.4. The molecule has 45 heavy (non-hydrogen) atoms. The number of hydrogen-bond acceptors (Lipinski definition) is 8. The van der Waals surface area contributed by atoms with E-state index in [9.17, 15) is 24.0 Å². The molecule has 0 saturated carbocycles. The first-order chi connectivity index (χ1) is 21.6. The van der Waals surface area contributed by atoms with Crippen molar-refractivity contribution in [3.8, 4) is 0 Å². The van der Waals surface area contributed by atoms with E-state index in [4.69, 9.17) is 27.9 Å². The number of nitrogens with one attached hydrogen (secondary N) is 1. The summed E-state index contributed by atoms with van der Waals surface area (Å²) >= 11 is 18.5. The van der Waals surface area contributed by atoms with Gasteiger partial charge in [-0.05, 0) is 67.1 Å². The van der Waals surface area contributed by atoms with Gasteiger partial charge in [0.2, 0.25) is 17.7 Å². The molecule has 0 spiro atoms. The average Bonchev–Trinajstić information content (AvgIpc) is 3.46. The van der Waals surface area contributed by atoms with Crippen molar-refractivity contribution < 1.29 is 23.9 Å². The molecule has 3 heterocycles. The SMILES string of the molecule is CCOC(=O)c1ccc(NC(=O)Cn2c3c(sc2=O)[C@@H](c2cccc(Cl)c2Cl)[C@@H]2C(=O)N(c4ccc(Br)cc4)C(=O)[C@@H]2S3)cc1. The normalized spacial score (nSPS) is 18.8. The number of anilines is 2. The zero-order valence-corrected chi connectivity index (χ0v) is 28.0. The van der Waals surface area contributed by atoms with E-state index in [1.165, 1.54) is 21.6 Å². The Labute approximate surface area is 283 Å². The fourth-order valence-electron chi connectivity index (χ4n) is 5.44. The Bertz CT molecular complexity index is 1910. The molecule has 14 heteroatoms. The van der Waals surface area contributed by atoms with Gasteiger partial charge in [0.1, 0.15) is 11.8 Å². The Morgan fingerprint density at radius 1 is 0.978 bits per heavy atom. The van der Waals surface area contributed by atoms with Crippen molar-refractivity contribution in [2.24, 2.45) is 5.92 Å². The zero-order chi connectivity index (χ0) is 32.0. The molecule has 9 nitrogen and oxygen atoms in total. The first-order valence-electron chi connectivity index (χ1n) is 13.6. The third kappa shape index (κ3) is 5.85. The minimum absolute atomic E-state index is 0.222. The number of aromatic nitrogens is 1. The maximum absolute atomic E-state index is 14.0. The van der Waals surface area contributed by atoms with Gasteiger partial charge in [-0.25, -0.2) is 9.69 Å². The number of hydrogen-bond donors (Lipinski definition) is 1. The summed E-state index contributed by atoms with van der Waals surface area (Å²) in [6, 6.07) is 18.1. The van der Waals surface area contributed by atoms with Crippen LogP contribution in [0.15, 0.2) is 81.0 Å². The summed E-state index contributed by atoms with van der Waals surface area (Å²) in [6.07, 6.45) is 0. The highest BCUT2D eigenvalue weighted by Gasteiger charge is 2.57. The molecule has 0 bridgehead atoms. The van der Waals surface area contributed by atoms with Gasteiger partial charge in [-0.1, -0.05) is 74.4 Å². The van der Waals surface area contributed by atoms with Gasteiger partial charge in [0.05, 0.1) is 38.8 Å². The lowest BCUT2D eigenvalue weighted by atomic mass is 9.83. The largest absolute Gasteiger partial charge is 0.462 e. The fraction of sp³-hybridized carbons (Fsp3) is 0.194. The van der Waals surface area contributed by atoms with E-state index in [0.29, 0.717) is 32.4 Å². The van der Waals surface area contributed by atoms with Crippen LogP contribution in [-0.2, 0) is 25.7 Å². The van der Waals surface area contributed by atoms with Crippen LogP contribution in [-0.4, -0.2) is 40.1 Å². The van der Waals surface area contributed by atoms with E-state index < -0.39 is 45.6 Å². The molecule has 230 valence electrons. The lowest BCUT2D eigenvalue weighted by Crippen LogP contribution is -2.33. The Morgan fingerprint density at radius 3 is 2.38 bits per heavy atom. The molecule has 4 aromatic rings. The number of amides is 3. The lowest BCUT2D eigenvalue weighted by Gasteiger charge is -2.31. The van der Waals surface area contributed by atoms with Crippen LogP contribution in [0.25, 0.3) is 0 Å². The van der Waals surface area contributed by atoms with E-state index in [0.717, 1.165) is 27.6 Å². The number of nitrogens with zero attached hydrogens (tertiary/aromatic N) is 2. The standard InChI is InChI=1S/C31H22BrCl2N3O6S2/c1-2-43-30(41)15-6-10-17(11-7-15)35-21(38)14-36-29-26(45-31(36)42)22(19-4-3-5-20(33)24(19)34)23-25(44-29)28(40)37(27(23)39)18-12-8-16(32)9-13-18/h3-13,22-23,25H,2,14H2,1H3,(H,35,38)/t22-,23-,25+/m0/s1. The van der Waals surface area contributed by atoms with Crippen molar-refractivity contribution in [3.05, 3.63) is 107 Å². The molecule has 1 saturated heterocycles. The summed E-state index contributed by atoms with van der Waals surface area (Å²) in [4.78, 5) is 67.7. The molecular formula is C31H22BrCl2N3O6S2. The average molecular weight is 747 g/mol. The van der Waals surface area contributed by atoms with Gasteiger partial charge in [0, 0.05) is 21.0 Å². The number of carbonyl (C=O) groups excluding carboxylic acids is 4.